The van der Waals surface area contributed by atoms with Crippen molar-refractivity contribution in [2.24, 2.45) is 5.92 Å². The Morgan fingerprint density at radius 3 is 1.44 bits per heavy atom. The van der Waals surface area contributed by atoms with Crippen LogP contribution in [0.5, 0.6) is 0 Å². The Morgan fingerprint density at radius 2 is 1.44 bits per heavy atom. The molecule has 0 heterocycles. The maximum Gasteiger partial charge on any atom is 0.317 e. The fourth-order valence-corrected chi connectivity index (χ4v) is 0.106. The molecule has 0 aromatic carbocycles. The van der Waals surface area contributed by atoms with E-state index in [1.807, 2.05) is 0 Å². The average molecular weight is 182 g/mol. The van der Waals surface area contributed by atoms with Crippen LogP contribution in [-0.2, 0) is 26.7 Å². The molecule has 0 aromatic heterocycles. The summed E-state index contributed by atoms with van der Waals surface area (Å²) >= 11 is 0. The summed E-state index contributed by atoms with van der Waals surface area (Å²) in [4.78, 5) is 19.5. The fraction of sp³-hybridized carbons (Fsp3) is 0.500. The van der Waals surface area contributed by atoms with E-state index in [-0.39, 0.29) is 17.1 Å². The van der Waals surface area contributed by atoms with Gasteiger partial charge in [-0.1, -0.05) is 0 Å². The Kier molecular flexibility index (Phi) is 5.45. The van der Waals surface area contributed by atoms with Crippen LogP contribution in [-0.4, -0.2) is 22.2 Å². The first-order valence-corrected chi connectivity index (χ1v) is 2.01. The van der Waals surface area contributed by atoms with Crippen molar-refractivity contribution in [1.82, 2.24) is 0 Å². The molecule has 0 aliphatic rings. The summed E-state index contributed by atoms with van der Waals surface area (Å²) in [7, 11) is 0. The number of aliphatic carboxylic acids is 2. The summed E-state index contributed by atoms with van der Waals surface area (Å²) in [6.45, 7) is 1.12. The van der Waals surface area contributed by atoms with Crippen LogP contribution in [0.4, 0.5) is 0 Å². The molecule has 0 aliphatic carbocycles. The van der Waals surface area contributed by atoms with Gasteiger partial charge in [-0.15, -0.1) is 0 Å². The summed E-state index contributed by atoms with van der Waals surface area (Å²) in [6, 6.07) is 0. The minimum atomic E-state index is -1.31. The molecule has 0 aliphatic heterocycles. The second-order valence-electron chi connectivity index (χ2n) is 1.40. The predicted octanol–water partition coefficient (Wildman–Crippen LogP) is -0.211. The standard InChI is InChI=1S/C4H6O4.Cu/c1-2(3(5)6)4(7)8;/h2H,1H3,(H,5,6)(H,7,8);. The molecular weight excluding hydrogens is 176 g/mol. The Labute approximate surface area is 62.3 Å². The first-order valence-electron chi connectivity index (χ1n) is 2.01. The van der Waals surface area contributed by atoms with Crippen molar-refractivity contribution in [1.29, 1.82) is 0 Å². The fourth-order valence-electron chi connectivity index (χ4n) is 0.106. The van der Waals surface area contributed by atoms with Gasteiger partial charge in [0.1, 0.15) is 0 Å². The van der Waals surface area contributed by atoms with Gasteiger partial charge in [-0.2, -0.15) is 0 Å². The van der Waals surface area contributed by atoms with Crippen molar-refractivity contribution in [2.45, 2.75) is 6.92 Å². The minimum Gasteiger partial charge on any atom is -0.481 e. The van der Waals surface area contributed by atoms with Crippen molar-refractivity contribution in [3.05, 3.63) is 0 Å². The summed E-state index contributed by atoms with van der Waals surface area (Å²) in [5.74, 6) is -3.91. The molecule has 57 valence electrons. The molecule has 2 N–H and O–H groups in total. The maximum atomic E-state index is 9.76. The van der Waals surface area contributed by atoms with E-state index in [0.717, 1.165) is 6.92 Å². The Morgan fingerprint density at radius 1 is 1.22 bits per heavy atom. The zero-order valence-electron chi connectivity index (χ0n) is 4.59. The SMILES string of the molecule is CC(C(=O)O)C(=O)O.[Cu]. The molecule has 0 atom stereocenters. The predicted molar refractivity (Wildman–Crippen MR) is 24.4 cm³/mol. The summed E-state index contributed by atoms with van der Waals surface area (Å²) < 4.78 is 0. The minimum absolute atomic E-state index is 0. The molecule has 0 fully saturated rings. The number of rotatable bonds is 2. The van der Waals surface area contributed by atoms with Crippen LogP contribution in [0.1, 0.15) is 6.92 Å². The first kappa shape index (κ1) is 11.3. The second kappa shape index (κ2) is 4.35. The summed E-state index contributed by atoms with van der Waals surface area (Å²) in [5.41, 5.74) is 0. The van der Waals surface area contributed by atoms with Crippen molar-refractivity contribution < 1.29 is 36.9 Å². The zero-order valence-corrected chi connectivity index (χ0v) is 5.53. The van der Waals surface area contributed by atoms with Crippen LogP contribution in [0.2, 0.25) is 0 Å². The van der Waals surface area contributed by atoms with E-state index >= 15 is 0 Å². The number of carboxylic acids is 2. The van der Waals surface area contributed by atoms with E-state index < -0.39 is 17.9 Å². The van der Waals surface area contributed by atoms with Gasteiger partial charge in [-0.25, -0.2) is 0 Å². The van der Waals surface area contributed by atoms with Crippen molar-refractivity contribution in [3.63, 3.8) is 0 Å². The largest absolute Gasteiger partial charge is 0.481 e. The molecule has 0 spiro atoms. The van der Waals surface area contributed by atoms with E-state index in [2.05, 4.69) is 0 Å². The van der Waals surface area contributed by atoms with Gasteiger partial charge in [0, 0.05) is 17.1 Å². The number of hydrogen-bond acceptors (Lipinski definition) is 2. The molecule has 0 saturated carbocycles. The van der Waals surface area contributed by atoms with E-state index in [9.17, 15) is 9.59 Å². The smallest absolute Gasteiger partial charge is 0.317 e. The molecule has 0 amide bonds. The van der Waals surface area contributed by atoms with Crippen LogP contribution in [0.3, 0.4) is 0 Å². The van der Waals surface area contributed by atoms with Gasteiger partial charge in [0.05, 0.1) is 0 Å². The normalized spacial score (nSPS) is 8.22. The van der Waals surface area contributed by atoms with Gasteiger partial charge >= 0.3 is 11.9 Å². The Hall–Kier alpha value is -0.541. The average Bonchev–Trinajstić information content (AvgIpc) is 1.64. The molecule has 1 radical (unpaired) electrons. The molecule has 9 heavy (non-hydrogen) atoms. The summed E-state index contributed by atoms with van der Waals surface area (Å²) in [5, 5.41) is 15.9. The molecule has 5 heteroatoms. The van der Waals surface area contributed by atoms with Gasteiger partial charge in [0.15, 0.2) is 5.92 Å². The van der Waals surface area contributed by atoms with Crippen LogP contribution in [0, 0.1) is 5.92 Å². The van der Waals surface area contributed by atoms with Gasteiger partial charge < -0.3 is 10.2 Å². The molecule has 0 rings (SSSR count). The topological polar surface area (TPSA) is 74.6 Å². The van der Waals surface area contributed by atoms with Crippen molar-refractivity contribution in [3.8, 4) is 0 Å². The molecular formula is C4H6CuO4. The second-order valence-corrected chi connectivity index (χ2v) is 1.40. The zero-order chi connectivity index (χ0) is 6.73. The number of hydrogen-bond donors (Lipinski definition) is 2. The number of carbonyl (C=O) groups is 2. The van der Waals surface area contributed by atoms with E-state index in [4.69, 9.17) is 10.2 Å². The Bertz CT molecular complexity index is 108. The molecule has 0 saturated heterocycles. The van der Waals surface area contributed by atoms with Crippen LogP contribution in [0.15, 0.2) is 0 Å². The Balaban J connectivity index is 0. The van der Waals surface area contributed by atoms with Gasteiger partial charge in [0.25, 0.3) is 0 Å². The molecule has 0 unspecified atom stereocenters. The monoisotopic (exact) mass is 181 g/mol. The molecule has 4 nitrogen and oxygen atoms in total. The van der Waals surface area contributed by atoms with Crippen molar-refractivity contribution >= 4 is 11.9 Å². The first-order chi connectivity index (χ1) is 3.55. The third kappa shape index (κ3) is 4.00. The van der Waals surface area contributed by atoms with Crippen LogP contribution < -0.4 is 0 Å². The van der Waals surface area contributed by atoms with Gasteiger partial charge in [-0.05, 0) is 6.92 Å². The van der Waals surface area contributed by atoms with Crippen LogP contribution >= 0.6 is 0 Å². The molecule has 0 aromatic rings. The van der Waals surface area contributed by atoms with E-state index in [0.29, 0.717) is 0 Å². The van der Waals surface area contributed by atoms with Gasteiger partial charge in [0.2, 0.25) is 0 Å². The quantitative estimate of drug-likeness (QED) is 0.457. The number of carboxylic acid groups (broad SMARTS) is 2. The molecule has 0 bridgehead atoms. The van der Waals surface area contributed by atoms with E-state index in [1.165, 1.54) is 0 Å². The van der Waals surface area contributed by atoms with Crippen molar-refractivity contribution in [2.75, 3.05) is 0 Å². The summed E-state index contributed by atoms with van der Waals surface area (Å²) in [6.07, 6.45) is 0. The van der Waals surface area contributed by atoms with Crippen LogP contribution in [0.25, 0.3) is 0 Å². The third-order valence-corrected chi connectivity index (χ3v) is 0.741. The third-order valence-electron chi connectivity index (χ3n) is 0.741. The van der Waals surface area contributed by atoms with E-state index in [1.54, 1.807) is 0 Å². The van der Waals surface area contributed by atoms with Gasteiger partial charge in [-0.3, -0.25) is 9.59 Å². The maximum absolute atomic E-state index is 9.76.